The number of ether oxygens (including phenoxy) is 1. The number of fused-ring (bicyclic) bond motifs is 1. The van der Waals surface area contributed by atoms with Crippen LogP contribution in [0.25, 0.3) is 22.7 Å². The van der Waals surface area contributed by atoms with Crippen molar-refractivity contribution in [2.45, 2.75) is 19.9 Å². The minimum Gasteiger partial charge on any atom is -0.495 e. The molecule has 3 rings (SSSR count). The smallest absolute Gasteiger partial charge is 0.292 e. The van der Waals surface area contributed by atoms with Crippen LogP contribution in [0.1, 0.15) is 13.3 Å². The highest BCUT2D eigenvalue weighted by atomic mass is 16.5. The second kappa shape index (κ2) is 6.61. The molecule has 0 aliphatic carbocycles. The predicted octanol–water partition coefficient (Wildman–Crippen LogP) is 2.00. The molecule has 0 aliphatic rings. The fourth-order valence-electron chi connectivity index (χ4n) is 2.44. The third-order valence-corrected chi connectivity index (χ3v) is 3.69. The van der Waals surface area contributed by atoms with E-state index in [1.807, 2.05) is 14.0 Å². The van der Waals surface area contributed by atoms with E-state index in [0.29, 0.717) is 35.0 Å². The summed E-state index contributed by atoms with van der Waals surface area (Å²) < 4.78 is 8.53. The molecule has 0 saturated heterocycles. The van der Waals surface area contributed by atoms with Crippen molar-refractivity contribution in [1.29, 1.82) is 0 Å². The molecular weight excluding hydrogens is 308 g/mol. The van der Waals surface area contributed by atoms with Gasteiger partial charge >= 0.3 is 0 Å². The molecule has 0 saturated carbocycles. The monoisotopic (exact) mass is 328 g/mol. The first-order chi connectivity index (χ1) is 11.6. The Balaban J connectivity index is 2.21. The normalized spacial score (nSPS) is 10.8. The van der Waals surface area contributed by atoms with Crippen molar-refractivity contribution in [2.75, 3.05) is 7.11 Å². The van der Waals surface area contributed by atoms with Crippen LogP contribution in [0.15, 0.2) is 35.5 Å². The van der Waals surface area contributed by atoms with E-state index < -0.39 is 0 Å². The average Bonchev–Trinajstić information content (AvgIpc) is 3.02. The summed E-state index contributed by atoms with van der Waals surface area (Å²) in [6, 6.07) is 3.59. The minimum absolute atomic E-state index is 0.140. The number of rotatable bonds is 4. The molecule has 0 aliphatic heterocycles. The van der Waals surface area contributed by atoms with E-state index in [4.69, 9.17) is 4.74 Å². The number of nitrogens with zero attached hydrogens (tertiary/aromatic N) is 4. The van der Waals surface area contributed by atoms with Crippen molar-refractivity contribution in [3.8, 4) is 17.3 Å². The summed E-state index contributed by atoms with van der Waals surface area (Å²) in [5.74, 6) is 1.19. The van der Waals surface area contributed by atoms with Gasteiger partial charge in [-0.15, -0.1) is 0 Å². The van der Waals surface area contributed by atoms with Gasteiger partial charge in [0, 0.05) is 26.0 Å². The molecule has 3 heterocycles. The van der Waals surface area contributed by atoms with Gasteiger partial charge in [-0.05, 0) is 18.6 Å². The lowest BCUT2D eigenvalue weighted by Crippen LogP contribution is -2.26. The summed E-state index contributed by atoms with van der Waals surface area (Å²) in [5, 5.41) is 0. The largest absolute Gasteiger partial charge is 0.495 e. The Bertz CT molecular complexity index is 943. The third kappa shape index (κ3) is 2.90. The van der Waals surface area contributed by atoms with Gasteiger partial charge < -0.3 is 14.7 Å². The zero-order valence-corrected chi connectivity index (χ0v) is 13.9. The molecule has 0 aromatic carbocycles. The first-order valence-electron chi connectivity index (χ1n) is 7.72. The van der Waals surface area contributed by atoms with Gasteiger partial charge in [0.05, 0.1) is 13.3 Å². The number of hydrogen-bond donors (Lipinski definition) is 2. The maximum atomic E-state index is 12.8. The first kappa shape index (κ1) is 15.9. The maximum Gasteiger partial charge on any atom is 0.292 e. The summed E-state index contributed by atoms with van der Waals surface area (Å²) in [4.78, 5) is 27.7. The SMILES string of the molecule is CCCn1c(=O)c2[nH]c(-c3ccc(OC)cn3)nc2[nH]ccn1C. The van der Waals surface area contributed by atoms with E-state index in [1.54, 1.807) is 47.2 Å². The number of imidazole rings is 1. The van der Waals surface area contributed by atoms with Crippen molar-refractivity contribution in [1.82, 2.24) is 29.3 Å². The molecule has 0 unspecified atom stereocenters. The molecule has 0 fully saturated rings. The highest BCUT2D eigenvalue weighted by Gasteiger charge is 2.10. The lowest BCUT2D eigenvalue weighted by molar-refractivity contribution is 0.413. The summed E-state index contributed by atoms with van der Waals surface area (Å²) in [6.07, 6.45) is 6.01. The first-order valence-corrected chi connectivity index (χ1v) is 7.72. The maximum absolute atomic E-state index is 12.8. The van der Waals surface area contributed by atoms with Crippen LogP contribution in [0.2, 0.25) is 0 Å². The summed E-state index contributed by atoms with van der Waals surface area (Å²) in [7, 11) is 3.42. The van der Waals surface area contributed by atoms with Gasteiger partial charge in [-0.3, -0.25) is 9.48 Å². The topological polar surface area (TPSA) is 93.5 Å². The number of nitrogens with one attached hydrogen (secondary N) is 2. The molecule has 3 aromatic heterocycles. The van der Waals surface area contributed by atoms with Crippen molar-refractivity contribution < 1.29 is 4.74 Å². The molecule has 0 atom stereocenters. The molecule has 0 spiro atoms. The Morgan fingerprint density at radius 3 is 2.83 bits per heavy atom. The highest BCUT2D eigenvalue weighted by Crippen LogP contribution is 2.17. The van der Waals surface area contributed by atoms with Crippen LogP contribution in [0.4, 0.5) is 0 Å². The van der Waals surface area contributed by atoms with E-state index in [0.717, 1.165) is 6.42 Å². The Hall–Kier alpha value is -3.03. The van der Waals surface area contributed by atoms with Crippen LogP contribution in [-0.4, -0.2) is 36.4 Å². The van der Waals surface area contributed by atoms with Gasteiger partial charge in [0.2, 0.25) is 0 Å². The van der Waals surface area contributed by atoms with Crippen LogP contribution in [-0.2, 0) is 13.6 Å². The number of aryl methyl sites for hydroxylation is 1. The van der Waals surface area contributed by atoms with Gasteiger partial charge in [-0.25, -0.2) is 14.6 Å². The molecule has 2 N–H and O–H groups in total. The zero-order valence-electron chi connectivity index (χ0n) is 13.9. The van der Waals surface area contributed by atoms with Crippen LogP contribution >= 0.6 is 0 Å². The van der Waals surface area contributed by atoms with Crippen LogP contribution < -0.4 is 10.3 Å². The molecule has 0 amide bonds. The lowest BCUT2D eigenvalue weighted by atomic mass is 10.3. The van der Waals surface area contributed by atoms with Gasteiger partial charge in [0.1, 0.15) is 11.4 Å². The van der Waals surface area contributed by atoms with Crippen LogP contribution in [0.3, 0.4) is 0 Å². The fourth-order valence-corrected chi connectivity index (χ4v) is 2.44. The quantitative estimate of drug-likeness (QED) is 0.766. The standard InChI is InChI=1S/C16H20N6O2/c1-4-8-22-16(23)13-15(17-7-9-21(22)2)20-14(19-13)12-6-5-11(24-3)10-18-12/h5-7,9-10,17H,4,8H2,1-3H3,(H,19,20). The number of aromatic nitrogens is 6. The van der Waals surface area contributed by atoms with E-state index in [2.05, 4.69) is 19.9 Å². The van der Waals surface area contributed by atoms with Crippen LogP contribution in [0.5, 0.6) is 5.75 Å². The lowest BCUT2D eigenvalue weighted by Gasteiger charge is -2.08. The van der Waals surface area contributed by atoms with Crippen molar-refractivity contribution in [2.24, 2.45) is 7.05 Å². The third-order valence-electron chi connectivity index (χ3n) is 3.69. The van der Waals surface area contributed by atoms with E-state index in [1.165, 1.54) is 0 Å². The minimum atomic E-state index is -0.140. The summed E-state index contributed by atoms with van der Waals surface area (Å²) >= 11 is 0. The number of methoxy groups -OCH3 is 1. The molecule has 126 valence electrons. The van der Waals surface area contributed by atoms with Gasteiger partial charge in [0.15, 0.2) is 17.0 Å². The van der Waals surface area contributed by atoms with Crippen molar-refractivity contribution >= 4 is 11.2 Å². The Morgan fingerprint density at radius 2 is 2.17 bits per heavy atom. The van der Waals surface area contributed by atoms with Gasteiger partial charge in [-0.1, -0.05) is 6.92 Å². The van der Waals surface area contributed by atoms with E-state index in [9.17, 15) is 4.79 Å². The number of aromatic amines is 2. The van der Waals surface area contributed by atoms with Gasteiger partial charge in [-0.2, -0.15) is 0 Å². The Morgan fingerprint density at radius 1 is 1.33 bits per heavy atom. The number of H-pyrrole nitrogens is 2. The highest BCUT2D eigenvalue weighted by molar-refractivity contribution is 5.73. The Kier molecular flexibility index (Phi) is 4.37. The predicted molar refractivity (Wildman–Crippen MR) is 91.4 cm³/mol. The molecule has 8 nitrogen and oxygen atoms in total. The summed E-state index contributed by atoms with van der Waals surface area (Å²) in [5.41, 5.74) is 1.39. The molecule has 3 aromatic rings. The Labute approximate surface area is 138 Å². The van der Waals surface area contributed by atoms with Gasteiger partial charge in [0.25, 0.3) is 5.56 Å². The molecule has 24 heavy (non-hydrogen) atoms. The molecular formula is C16H20N6O2. The number of hydrogen-bond acceptors (Lipinski definition) is 4. The molecule has 0 bridgehead atoms. The van der Waals surface area contributed by atoms with Crippen LogP contribution in [0, 0.1) is 0 Å². The van der Waals surface area contributed by atoms with E-state index >= 15 is 0 Å². The second-order valence-electron chi connectivity index (χ2n) is 5.35. The molecule has 8 heteroatoms. The fraction of sp³-hybridized carbons (Fsp3) is 0.312. The van der Waals surface area contributed by atoms with Crippen molar-refractivity contribution in [3.05, 3.63) is 41.1 Å². The second-order valence-corrected chi connectivity index (χ2v) is 5.35. The average molecular weight is 328 g/mol. The molecule has 0 radical (unpaired) electrons. The van der Waals surface area contributed by atoms with Crippen molar-refractivity contribution in [3.63, 3.8) is 0 Å². The zero-order chi connectivity index (χ0) is 17.1. The number of pyridine rings is 1. The van der Waals surface area contributed by atoms with E-state index in [-0.39, 0.29) is 5.56 Å². The summed E-state index contributed by atoms with van der Waals surface area (Å²) in [6.45, 7) is 2.65.